The molecule has 0 aliphatic rings. The lowest BCUT2D eigenvalue weighted by molar-refractivity contribution is -0.385. The number of hydrogen-bond acceptors (Lipinski definition) is 4. The zero-order valence-electron chi connectivity index (χ0n) is 9.10. The van der Waals surface area contributed by atoms with E-state index in [0.717, 1.165) is 0 Å². The van der Waals surface area contributed by atoms with E-state index in [-0.39, 0.29) is 23.5 Å². The van der Waals surface area contributed by atoms with E-state index in [1.807, 2.05) is 0 Å². The molecule has 0 atom stereocenters. The van der Waals surface area contributed by atoms with Gasteiger partial charge in [0.05, 0.1) is 24.1 Å². The summed E-state index contributed by atoms with van der Waals surface area (Å²) < 4.78 is 4.88. The number of hydrogen-bond donors (Lipinski definition) is 1. The number of amides is 1. The van der Waals surface area contributed by atoms with Gasteiger partial charge in [0, 0.05) is 6.07 Å². The van der Waals surface area contributed by atoms with Gasteiger partial charge in [0.1, 0.15) is 0 Å². The minimum Gasteiger partial charge on any atom is -0.490 e. The number of carbonyl (C=O) groups is 1. The Kier molecular flexibility index (Phi) is 4.06. The largest absolute Gasteiger partial charge is 0.490 e. The first kappa shape index (κ1) is 12.5. The highest BCUT2D eigenvalue weighted by molar-refractivity contribution is 5.98. The second kappa shape index (κ2) is 5.51. The molecule has 6 heteroatoms. The van der Waals surface area contributed by atoms with Gasteiger partial charge in [-0.3, -0.25) is 14.9 Å². The van der Waals surface area contributed by atoms with Gasteiger partial charge in [0.2, 0.25) is 5.75 Å². The molecule has 17 heavy (non-hydrogen) atoms. The smallest absolute Gasteiger partial charge is 0.311 e. The lowest BCUT2D eigenvalue weighted by Crippen LogP contribution is -2.24. The lowest BCUT2D eigenvalue weighted by atomic mass is 10.1. The summed E-state index contributed by atoms with van der Waals surface area (Å²) in [4.78, 5) is 21.8. The van der Waals surface area contributed by atoms with Crippen LogP contribution in [-0.2, 0) is 0 Å². The molecule has 0 saturated carbocycles. The topological polar surface area (TPSA) is 81.5 Å². The molecule has 0 heterocycles. The van der Waals surface area contributed by atoms with Crippen LogP contribution >= 0.6 is 0 Å². The molecule has 0 aromatic heterocycles. The molecule has 1 aromatic rings. The molecule has 1 aromatic carbocycles. The number of para-hydroxylation sites is 1. The highest BCUT2D eigenvalue weighted by Crippen LogP contribution is 2.30. The molecule has 1 N–H and O–H groups in total. The van der Waals surface area contributed by atoms with Crippen molar-refractivity contribution in [3.63, 3.8) is 0 Å². The van der Waals surface area contributed by atoms with Crippen molar-refractivity contribution in [3.05, 3.63) is 33.9 Å². The van der Waals surface area contributed by atoms with Crippen LogP contribution in [-0.4, -0.2) is 24.5 Å². The third-order valence-electron chi connectivity index (χ3n) is 1.99. The third-order valence-corrected chi connectivity index (χ3v) is 1.99. The molecule has 0 aliphatic carbocycles. The Morgan fingerprint density at radius 2 is 2.35 bits per heavy atom. The summed E-state index contributed by atoms with van der Waals surface area (Å²) in [6.07, 6.45) is 5.00. The van der Waals surface area contributed by atoms with Gasteiger partial charge in [-0.25, -0.2) is 0 Å². The maximum atomic E-state index is 11.6. The molecular weight excluding hydrogens is 224 g/mol. The number of nitro groups is 1. The summed E-state index contributed by atoms with van der Waals surface area (Å²) in [6.45, 7) is 0.0463. The van der Waals surface area contributed by atoms with Gasteiger partial charge in [-0.05, 0) is 6.07 Å². The number of ether oxygens (including phenoxy) is 1. The van der Waals surface area contributed by atoms with E-state index in [0.29, 0.717) is 0 Å². The number of methoxy groups -OCH3 is 1. The third kappa shape index (κ3) is 2.72. The molecule has 0 radical (unpaired) electrons. The predicted octanol–water partition coefficient (Wildman–Crippen LogP) is 0.966. The fourth-order valence-corrected chi connectivity index (χ4v) is 1.29. The maximum absolute atomic E-state index is 11.6. The highest BCUT2D eigenvalue weighted by Gasteiger charge is 2.21. The lowest BCUT2D eigenvalue weighted by Gasteiger charge is -2.07. The fourth-order valence-electron chi connectivity index (χ4n) is 1.29. The first-order valence-electron chi connectivity index (χ1n) is 4.65. The average Bonchev–Trinajstić information content (AvgIpc) is 2.34. The molecule has 0 bridgehead atoms. The number of carbonyl (C=O) groups excluding carboxylic acids is 1. The second-order valence-electron chi connectivity index (χ2n) is 3.00. The van der Waals surface area contributed by atoms with Crippen LogP contribution in [0.5, 0.6) is 5.75 Å². The molecule has 1 amide bonds. The van der Waals surface area contributed by atoms with Crippen LogP contribution in [0.4, 0.5) is 5.69 Å². The highest BCUT2D eigenvalue weighted by atomic mass is 16.6. The van der Waals surface area contributed by atoms with E-state index in [9.17, 15) is 14.9 Å². The van der Waals surface area contributed by atoms with Crippen LogP contribution < -0.4 is 10.1 Å². The molecular formula is C11H10N2O4. The average molecular weight is 234 g/mol. The molecule has 88 valence electrons. The number of terminal acetylenes is 1. The number of nitrogens with zero attached hydrogens (tertiary/aromatic N) is 1. The van der Waals surface area contributed by atoms with Crippen LogP contribution in [0.1, 0.15) is 10.4 Å². The van der Waals surface area contributed by atoms with Crippen molar-refractivity contribution in [2.24, 2.45) is 0 Å². The Labute approximate surface area is 97.7 Å². The van der Waals surface area contributed by atoms with Gasteiger partial charge < -0.3 is 10.1 Å². The maximum Gasteiger partial charge on any atom is 0.311 e. The summed E-state index contributed by atoms with van der Waals surface area (Å²) in [5.74, 6) is 1.65. The molecule has 0 spiro atoms. The molecule has 0 fully saturated rings. The van der Waals surface area contributed by atoms with E-state index >= 15 is 0 Å². The summed E-state index contributed by atoms with van der Waals surface area (Å²) in [6, 6.07) is 4.10. The van der Waals surface area contributed by atoms with E-state index in [4.69, 9.17) is 11.2 Å². The van der Waals surface area contributed by atoms with Crippen molar-refractivity contribution in [1.29, 1.82) is 0 Å². The number of nitrogens with one attached hydrogen (secondary N) is 1. The van der Waals surface area contributed by atoms with Gasteiger partial charge in [-0.2, -0.15) is 0 Å². The van der Waals surface area contributed by atoms with Crippen LogP contribution in [0, 0.1) is 22.5 Å². The van der Waals surface area contributed by atoms with E-state index in [2.05, 4.69) is 11.2 Å². The first-order valence-corrected chi connectivity index (χ1v) is 4.65. The van der Waals surface area contributed by atoms with Crippen LogP contribution in [0.2, 0.25) is 0 Å². The Balaban J connectivity index is 3.16. The Morgan fingerprint density at radius 1 is 1.65 bits per heavy atom. The summed E-state index contributed by atoms with van der Waals surface area (Å²) >= 11 is 0. The zero-order valence-corrected chi connectivity index (χ0v) is 9.10. The predicted molar refractivity (Wildman–Crippen MR) is 60.8 cm³/mol. The Morgan fingerprint density at radius 3 is 2.88 bits per heavy atom. The minimum atomic E-state index is -0.614. The normalized spacial score (nSPS) is 9.18. The van der Waals surface area contributed by atoms with Crippen molar-refractivity contribution >= 4 is 11.6 Å². The Bertz CT molecular complexity index is 491. The quantitative estimate of drug-likeness (QED) is 0.478. The van der Waals surface area contributed by atoms with Crippen molar-refractivity contribution in [1.82, 2.24) is 5.32 Å². The van der Waals surface area contributed by atoms with Crippen LogP contribution in [0.3, 0.4) is 0 Å². The van der Waals surface area contributed by atoms with Gasteiger partial charge in [0.15, 0.2) is 0 Å². The van der Waals surface area contributed by atoms with Crippen molar-refractivity contribution in [3.8, 4) is 18.1 Å². The van der Waals surface area contributed by atoms with Crippen LogP contribution in [0.25, 0.3) is 0 Å². The van der Waals surface area contributed by atoms with Gasteiger partial charge in [0.25, 0.3) is 5.91 Å². The van der Waals surface area contributed by atoms with Crippen molar-refractivity contribution in [2.45, 2.75) is 0 Å². The summed E-state index contributed by atoms with van der Waals surface area (Å²) in [5, 5.41) is 13.1. The second-order valence-corrected chi connectivity index (χ2v) is 3.00. The van der Waals surface area contributed by atoms with Crippen LogP contribution in [0.15, 0.2) is 18.2 Å². The number of nitro benzene ring substituents is 1. The number of benzene rings is 1. The molecule has 0 aliphatic heterocycles. The zero-order chi connectivity index (χ0) is 12.8. The summed E-state index contributed by atoms with van der Waals surface area (Å²) in [7, 11) is 1.26. The minimum absolute atomic E-state index is 0.0463. The standard InChI is InChI=1S/C11H10N2O4/c1-3-7-12-11(14)8-5-4-6-9(13(15)16)10(8)17-2/h1,4-6H,7H2,2H3,(H,12,14). The van der Waals surface area contributed by atoms with Gasteiger partial charge in [-0.15, -0.1) is 6.42 Å². The Hall–Kier alpha value is -2.55. The molecule has 0 saturated heterocycles. The monoisotopic (exact) mass is 234 g/mol. The van der Waals surface area contributed by atoms with E-state index < -0.39 is 10.8 Å². The fraction of sp³-hybridized carbons (Fsp3) is 0.182. The van der Waals surface area contributed by atoms with Crippen molar-refractivity contribution in [2.75, 3.05) is 13.7 Å². The van der Waals surface area contributed by atoms with Gasteiger partial charge in [-0.1, -0.05) is 12.0 Å². The SMILES string of the molecule is C#CCNC(=O)c1cccc([N+](=O)[O-])c1OC. The molecule has 1 rings (SSSR count). The van der Waals surface area contributed by atoms with E-state index in [1.165, 1.54) is 25.3 Å². The summed E-state index contributed by atoms with van der Waals surface area (Å²) in [5.41, 5.74) is -0.183. The number of rotatable bonds is 4. The van der Waals surface area contributed by atoms with Gasteiger partial charge >= 0.3 is 5.69 Å². The molecule has 0 unspecified atom stereocenters. The first-order chi connectivity index (χ1) is 8.11. The van der Waals surface area contributed by atoms with E-state index in [1.54, 1.807) is 0 Å². The molecule has 6 nitrogen and oxygen atoms in total. The van der Waals surface area contributed by atoms with Crippen molar-refractivity contribution < 1.29 is 14.5 Å².